The smallest absolute Gasteiger partial charge is 0.247 e. The van der Waals surface area contributed by atoms with Gasteiger partial charge in [-0.25, -0.2) is 0 Å². The molecule has 6 nitrogen and oxygen atoms in total. The van der Waals surface area contributed by atoms with Crippen molar-refractivity contribution in [1.82, 2.24) is 15.5 Å². The summed E-state index contributed by atoms with van der Waals surface area (Å²) in [5.74, 6) is -0.570. The number of amides is 3. The number of nitrogens with zero attached hydrogens (tertiary/aromatic N) is 1. The van der Waals surface area contributed by atoms with Gasteiger partial charge in [-0.15, -0.1) is 0 Å². The molecule has 1 heterocycles. The third-order valence-electron chi connectivity index (χ3n) is 3.09. The summed E-state index contributed by atoms with van der Waals surface area (Å²) in [5.41, 5.74) is 0. The first-order valence-corrected chi connectivity index (χ1v) is 6.78. The van der Waals surface area contributed by atoms with E-state index in [1.54, 1.807) is 20.8 Å². The highest BCUT2D eigenvalue weighted by Gasteiger charge is 2.40. The Labute approximate surface area is 113 Å². The summed E-state index contributed by atoms with van der Waals surface area (Å²) < 4.78 is 0. The van der Waals surface area contributed by atoms with E-state index >= 15 is 0 Å². The summed E-state index contributed by atoms with van der Waals surface area (Å²) in [5, 5.41) is 5.68. The van der Waals surface area contributed by atoms with Crippen molar-refractivity contribution in [2.24, 2.45) is 0 Å². The highest BCUT2D eigenvalue weighted by Crippen LogP contribution is 2.16. The van der Waals surface area contributed by atoms with Crippen molar-refractivity contribution in [3.05, 3.63) is 0 Å². The number of hydrogen-bond donors (Lipinski definition) is 2. The molecule has 1 rings (SSSR count). The summed E-state index contributed by atoms with van der Waals surface area (Å²) in [7, 11) is 0. The topological polar surface area (TPSA) is 78.5 Å². The zero-order valence-corrected chi connectivity index (χ0v) is 12.0. The highest BCUT2D eigenvalue weighted by atomic mass is 16.2. The molecule has 1 saturated heterocycles. The molecule has 0 aromatic heterocycles. The van der Waals surface area contributed by atoms with E-state index in [4.69, 9.17) is 0 Å². The lowest BCUT2D eigenvalue weighted by atomic mass is 10.2. The van der Waals surface area contributed by atoms with Gasteiger partial charge in [-0.05, 0) is 27.2 Å². The Bertz CT molecular complexity index is 368. The van der Waals surface area contributed by atoms with Crippen molar-refractivity contribution in [2.75, 3.05) is 6.54 Å². The lowest BCUT2D eigenvalue weighted by molar-refractivity contribution is -0.140. The molecule has 2 N–H and O–H groups in total. The van der Waals surface area contributed by atoms with E-state index in [2.05, 4.69) is 10.6 Å². The SMILES string of the molecule is CCCNC(=O)C(C)NC1CC(=O)N(C(C)C)C1=O. The zero-order valence-electron chi connectivity index (χ0n) is 12.0. The van der Waals surface area contributed by atoms with E-state index in [1.807, 2.05) is 6.92 Å². The lowest BCUT2D eigenvalue weighted by Gasteiger charge is -2.21. The Kier molecular flexibility index (Phi) is 5.47. The molecule has 1 aliphatic rings. The van der Waals surface area contributed by atoms with Gasteiger partial charge < -0.3 is 5.32 Å². The second-order valence-electron chi connectivity index (χ2n) is 5.13. The average molecular weight is 269 g/mol. The van der Waals surface area contributed by atoms with E-state index in [-0.39, 0.29) is 30.2 Å². The predicted octanol–water partition coefficient (Wildman–Crippen LogP) is 0.0266. The Morgan fingerprint density at radius 2 is 2.00 bits per heavy atom. The Balaban J connectivity index is 2.56. The number of nitrogens with one attached hydrogen (secondary N) is 2. The molecule has 19 heavy (non-hydrogen) atoms. The van der Waals surface area contributed by atoms with Crippen LogP contribution in [0.3, 0.4) is 0 Å². The van der Waals surface area contributed by atoms with Crippen molar-refractivity contribution in [1.29, 1.82) is 0 Å². The molecule has 0 bridgehead atoms. The van der Waals surface area contributed by atoms with Crippen LogP contribution in [0.5, 0.6) is 0 Å². The van der Waals surface area contributed by atoms with Crippen molar-refractivity contribution >= 4 is 17.7 Å². The second kappa shape index (κ2) is 6.65. The fourth-order valence-corrected chi connectivity index (χ4v) is 2.10. The molecule has 0 radical (unpaired) electrons. The molecule has 1 aliphatic heterocycles. The van der Waals surface area contributed by atoms with Crippen LogP contribution >= 0.6 is 0 Å². The van der Waals surface area contributed by atoms with Crippen LogP contribution in [-0.2, 0) is 14.4 Å². The summed E-state index contributed by atoms with van der Waals surface area (Å²) in [6.45, 7) is 7.88. The number of imide groups is 1. The average Bonchev–Trinajstić information content (AvgIpc) is 2.61. The molecule has 6 heteroatoms. The third kappa shape index (κ3) is 3.76. The van der Waals surface area contributed by atoms with E-state index < -0.39 is 12.1 Å². The molecule has 0 spiro atoms. The van der Waals surface area contributed by atoms with Gasteiger partial charge in [0, 0.05) is 12.6 Å². The molecule has 2 atom stereocenters. The van der Waals surface area contributed by atoms with Crippen LogP contribution in [0.15, 0.2) is 0 Å². The van der Waals surface area contributed by atoms with Gasteiger partial charge >= 0.3 is 0 Å². The van der Waals surface area contributed by atoms with Crippen LogP contribution < -0.4 is 10.6 Å². The first-order chi connectivity index (χ1) is 8.88. The van der Waals surface area contributed by atoms with Crippen molar-refractivity contribution in [3.8, 4) is 0 Å². The zero-order chi connectivity index (χ0) is 14.6. The molecular weight excluding hydrogens is 246 g/mol. The molecule has 108 valence electrons. The molecular formula is C13H23N3O3. The normalized spacial score (nSPS) is 21.1. The van der Waals surface area contributed by atoms with Crippen LogP contribution in [0.2, 0.25) is 0 Å². The molecule has 2 unspecified atom stereocenters. The summed E-state index contributed by atoms with van der Waals surface area (Å²) in [6, 6.07) is -1.21. The molecule has 0 aliphatic carbocycles. The van der Waals surface area contributed by atoms with Crippen LogP contribution in [-0.4, -0.2) is 47.3 Å². The summed E-state index contributed by atoms with van der Waals surface area (Å²) in [6.07, 6.45) is 0.989. The predicted molar refractivity (Wildman–Crippen MR) is 71.3 cm³/mol. The van der Waals surface area contributed by atoms with E-state index in [9.17, 15) is 14.4 Å². The number of hydrogen-bond acceptors (Lipinski definition) is 4. The lowest BCUT2D eigenvalue weighted by Crippen LogP contribution is -2.50. The maximum absolute atomic E-state index is 12.0. The van der Waals surface area contributed by atoms with Gasteiger partial charge in [0.05, 0.1) is 18.5 Å². The van der Waals surface area contributed by atoms with Gasteiger partial charge in [-0.2, -0.15) is 0 Å². The minimum Gasteiger partial charge on any atom is -0.355 e. The minimum atomic E-state index is -0.586. The van der Waals surface area contributed by atoms with Crippen molar-refractivity contribution < 1.29 is 14.4 Å². The van der Waals surface area contributed by atoms with Gasteiger partial charge in [0.2, 0.25) is 17.7 Å². The fourth-order valence-electron chi connectivity index (χ4n) is 2.10. The van der Waals surface area contributed by atoms with Gasteiger partial charge in [0.25, 0.3) is 0 Å². The Morgan fingerprint density at radius 3 is 2.47 bits per heavy atom. The molecule has 1 fully saturated rings. The Morgan fingerprint density at radius 1 is 1.37 bits per heavy atom. The van der Waals surface area contributed by atoms with Crippen molar-refractivity contribution in [2.45, 2.75) is 58.7 Å². The minimum absolute atomic E-state index is 0.127. The summed E-state index contributed by atoms with van der Waals surface area (Å²) >= 11 is 0. The van der Waals surface area contributed by atoms with Crippen LogP contribution in [0, 0.1) is 0 Å². The molecule has 0 saturated carbocycles. The largest absolute Gasteiger partial charge is 0.355 e. The van der Waals surface area contributed by atoms with E-state index in [0.29, 0.717) is 6.54 Å². The highest BCUT2D eigenvalue weighted by molar-refractivity contribution is 6.06. The number of rotatable bonds is 6. The van der Waals surface area contributed by atoms with Gasteiger partial charge in [0.1, 0.15) is 0 Å². The fraction of sp³-hybridized carbons (Fsp3) is 0.769. The number of carbonyl (C=O) groups excluding carboxylic acids is 3. The third-order valence-corrected chi connectivity index (χ3v) is 3.09. The maximum Gasteiger partial charge on any atom is 0.247 e. The quantitative estimate of drug-likeness (QED) is 0.667. The number of likely N-dealkylation sites (tertiary alicyclic amines) is 1. The Hall–Kier alpha value is -1.43. The maximum atomic E-state index is 12.0. The van der Waals surface area contributed by atoms with Gasteiger partial charge in [0.15, 0.2) is 0 Å². The first-order valence-electron chi connectivity index (χ1n) is 6.78. The number of carbonyl (C=O) groups is 3. The van der Waals surface area contributed by atoms with E-state index in [0.717, 1.165) is 6.42 Å². The standard InChI is InChI=1S/C13H23N3O3/c1-5-6-14-12(18)9(4)15-10-7-11(17)16(8(2)3)13(10)19/h8-10,15H,5-7H2,1-4H3,(H,14,18). The van der Waals surface area contributed by atoms with Crippen LogP contribution in [0.25, 0.3) is 0 Å². The molecule has 0 aromatic rings. The van der Waals surface area contributed by atoms with Gasteiger partial charge in [-0.3, -0.25) is 24.6 Å². The second-order valence-corrected chi connectivity index (χ2v) is 5.13. The molecule has 0 aromatic carbocycles. The van der Waals surface area contributed by atoms with E-state index in [1.165, 1.54) is 4.90 Å². The van der Waals surface area contributed by atoms with Crippen LogP contribution in [0.1, 0.15) is 40.5 Å². The monoisotopic (exact) mass is 269 g/mol. The summed E-state index contributed by atoms with van der Waals surface area (Å²) in [4.78, 5) is 36.7. The molecule has 3 amide bonds. The van der Waals surface area contributed by atoms with Crippen molar-refractivity contribution in [3.63, 3.8) is 0 Å². The first kappa shape index (κ1) is 15.6. The van der Waals surface area contributed by atoms with Gasteiger partial charge in [-0.1, -0.05) is 6.92 Å². The van der Waals surface area contributed by atoms with Crippen LogP contribution in [0.4, 0.5) is 0 Å².